The number of rotatable bonds is 2. The van der Waals surface area contributed by atoms with Gasteiger partial charge in [0, 0.05) is 18.5 Å². The first kappa shape index (κ1) is 12.9. The predicted molar refractivity (Wildman–Crippen MR) is 76.9 cm³/mol. The van der Waals surface area contributed by atoms with Crippen molar-refractivity contribution in [3.05, 3.63) is 29.8 Å². The molecule has 2 heterocycles. The summed E-state index contributed by atoms with van der Waals surface area (Å²) in [5, 5.41) is 10.5. The van der Waals surface area contributed by atoms with Gasteiger partial charge in [-0.2, -0.15) is 0 Å². The largest absolute Gasteiger partial charge is 0.497 e. The summed E-state index contributed by atoms with van der Waals surface area (Å²) in [6.07, 6.45) is 0.284. The van der Waals surface area contributed by atoms with Gasteiger partial charge in [0.15, 0.2) is 5.72 Å². The fourth-order valence-electron chi connectivity index (χ4n) is 5.61. The van der Waals surface area contributed by atoms with Gasteiger partial charge in [-0.3, -0.25) is 4.79 Å². The van der Waals surface area contributed by atoms with Crippen molar-refractivity contribution >= 4 is 5.91 Å². The summed E-state index contributed by atoms with van der Waals surface area (Å²) < 4.78 is 11.6. The minimum atomic E-state index is -0.713. The van der Waals surface area contributed by atoms with E-state index in [-0.39, 0.29) is 29.8 Å². The second kappa shape index (κ2) is 3.84. The molecule has 7 atom stereocenters. The molecule has 5 nitrogen and oxygen atoms in total. The maximum Gasteiger partial charge on any atom is 0.228 e. The van der Waals surface area contributed by atoms with E-state index in [1.807, 2.05) is 31.3 Å². The Morgan fingerprint density at radius 1 is 1.32 bits per heavy atom. The van der Waals surface area contributed by atoms with Crippen LogP contribution in [0.15, 0.2) is 24.3 Å². The lowest BCUT2D eigenvalue weighted by atomic mass is 9.75. The number of aliphatic hydroxyl groups excluding tert-OH is 1. The van der Waals surface area contributed by atoms with Gasteiger partial charge in [-0.05, 0) is 30.4 Å². The molecule has 1 aromatic carbocycles. The molecule has 22 heavy (non-hydrogen) atoms. The van der Waals surface area contributed by atoms with Crippen LogP contribution >= 0.6 is 0 Å². The first-order valence-electron chi connectivity index (χ1n) is 7.87. The van der Waals surface area contributed by atoms with Crippen molar-refractivity contribution in [2.45, 2.75) is 24.4 Å². The van der Waals surface area contributed by atoms with Crippen molar-refractivity contribution in [1.82, 2.24) is 4.90 Å². The van der Waals surface area contributed by atoms with Gasteiger partial charge in [-0.1, -0.05) is 12.1 Å². The van der Waals surface area contributed by atoms with E-state index in [2.05, 4.69) is 0 Å². The average Bonchev–Trinajstić information content (AvgIpc) is 3.20. The number of likely N-dealkylation sites (tertiary alicyclic amines) is 1. The van der Waals surface area contributed by atoms with Crippen LogP contribution < -0.4 is 4.74 Å². The topological polar surface area (TPSA) is 59.0 Å². The lowest BCUT2D eigenvalue weighted by Gasteiger charge is -2.37. The average molecular weight is 301 g/mol. The summed E-state index contributed by atoms with van der Waals surface area (Å²) in [6, 6.07) is 7.77. The number of benzene rings is 1. The van der Waals surface area contributed by atoms with E-state index in [0.717, 1.165) is 17.7 Å². The number of carbonyl (C=O) groups is 1. The molecule has 4 fully saturated rings. The molecule has 2 aliphatic heterocycles. The Bertz CT molecular complexity index is 659. The Morgan fingerprint density at radius 3 is 2.73 bits per heavy atom. The minimum absolute atomic E-state index is 0.0672. The lowest BCUT2D eigenvalue weighted by molar-refractivity contribution is -0.176. The monoisotopic (exact) mass is 301 g/mol. The molecule has 2 bridgehead atoms. The SMILES string of the molecule is COc1ccc(C23OC4C(O)C5CC4C2C5C(=O)N3C)cc1. The third-order valence-electron chi connectivity index (χ3n) is 6.44. The van der Waals surface area contributed by atoms with E-state index < -0.39 is 11.8 Å². The van der Waals surface area contributed by atoms with Gasteiger partial charge in [-0.25, -0.2) is 0 Å². The zero-order valence-corrected chi connectivity index (χ0v) is 12.6. The van der Waals surface area contributed by atoms with E-state index in [0.29, 0.717) is 5.92 Å². The molecule has 0 spiro atoms. The quantitative estimate of drug-likeness (QED) is 0.884. The highest BCUT2D eigenvalue weighted by Crippen LogP contribution is 2.70. The number of nitrogens with zero attached hydrogens (tertiary/aromatic N) is 1. The molecule has 7 unspecified atom stereocenters. The number of ether oxygens (including phenoxy) is 2. The van der Waals surface area contributed by atoms with Crippen LogP contribution in [0.5, 0.6) is 5.75 Å². The molecule has 5 rings (SSSR count). The third-order valence-corrected chi connectivity index (χ3v) is 6.44. The second-order valence-corrected chi connectivity index (χ2v) is 7.01. The molecular weight excluding hydrogens is 282 g/mol. The highest BCUT2D eigenvalue weighted by molar-refractivity contribution is 5.84. The maximum absolute atomic E-state index is 12.8. The van der Waals surface area contributed by atoms with Gasteiger partial charge in [-0.15, -0.1) is 0 Å². The third kappa shape index (κ3) is 1.16. The van der Waals surface area contributed by atoms with Crippen LogP contribution in [0.3, 0.4) is 0 Å². The summed E-state index contributed by atoms with van der Waals surface area (Å²) in [4.78, 5) is 14.5. The van der Waals surface area contributed by atoms with Crippen molar-refractivity contribution in [2.24, 2.45) is 23.7 Å². The van der Waals surface area contributed by atoms with Gasteiger partial charge in [0.2, 0.25) is 5.91 Å². The maximum atomic E-state index is 12.8. The number of fused-ring (bicyclic) bond motifs is 2. The van der Waals surface area contributed by atoms with Gasteiger partial charge in [0.05, 0.1) is 25.2 Å². The van der Waals surface area contributed by atoms with E-state index in [1.165, 1.54) is 0 Å². The Kier molecular flexibility index (Phi) is 2.25. The molecule has 4 aliphatic rings. The Hall–Kier alpha value is -1.59. The van der Waals surface area contributed by atoms with Crippen LogP contribution in [0.1, 0.15) is 12.0 Å². The normalized spacial score (nSPS) is 47.6. The fraction of sp³-hybridized carbons (Fsp3) is 0.588. The molecular formula is C17H19NO4. The molecule has 5 heteroatoms. The van der Waals surface area contributed by atoms with Crippen molar-refractivity contribution in [3.8, 4) is 5.75 Å². The smallest absolute Gasteiger partial charge is 0.228 e. The number of amides is 1. The number of hydrogen-bond donors (Lipinski definition) is 1. The van der Waals surface area contributed by atoms with Gasteiger partial charge < -0.3 is 19.5 Å². The zero-order chi connectivity index (χ0) is 15.2. The predicted octanol–water partition coefficient (Wildman–Crippen LogP) is 0.962. The first-order chi connectivity index (χ1) is 10.6. The van der Waals surface area contributed by atoms with E-state index >= 15 is 0 Å². The number of hydrogen-bond acceptors (Lipinski definition) is 4. The lowest BCUT2D eigenvalue weighted by Crippen LogP contribution is -2.46. The summed E-state index contributed by atoms with van der Waals surface area (Å²) in [6.45, 7) is 0. The molecule has 116 valence electrons. The van der Waals surface area contributed by atoms with E-state index in [1.54, 1.807) is 12.0 Å². The molecule has 2 saturated heterocycles. The first-order valence-corrected chi connectivity index (χ1v) is 7.87. The van der Waals surface area contributed by atoms with Crippen molar-refractivity contribution in [3.63, 3.8) is 0 Å². The Morgan fingerprint density at radius 2 is 2.05 bits per heavy atom. The molecule has 0 aromatic heterocycles. The molecule has 0 radical (unpaired) electrons. The fourth-order valence-corrected chi connectivity index (χ4v) is 5.61. The van der Waals surface area contributed by atoms with Crippen LogP contribution in [-0.4, -0.2) is 42.3 Å². The molecule has 1 N–H and O–H groups in total. The Labute approximate surface area is 128 Å². The van der Waals surface area contributed by atoms with E-state index in [9.17, 15) is 9.90 Å². The van der Waals surface area contributed by atoms with Crippen LogP contribution in [-0.2, 0) is 15.3 Å². The number of carbonyl (C=O) groups excluding carboxylic acids is 1. The van der Waals surface area contributed by atoms with Crippen molar-refractivity contribution in [1.29, 1.82) is 0 Å². The van der Waals surface area contributed by atoms with E-state index in [4.69, 9.17) is 9.47 Å². The highest BCUT2D eigenvalue weighted by Gasteiger charge is 2.78. The number of methoxy groups -OCH3 is 1. The Balaban J connectivity index is 1.68. The van der Waals surface area contributed by atoms with Crippen LogP contribution in [0.4, 0.5) is 0 Å². The molecule has 1 aromatic rings. The minimum Gasteiger partial charge on any atom is -0.497 e. The summed E-state index contributed by atoms with van der Waals surface area (Å²) in [7, 11) is 3.47. The molecule has 1 amide bonds. The summed E-state index contributed by atoms with van der Waals surface area (Å²) in [5.41, 5.74) is 0.272. The van der Waals surface area contributed by atoms with Gasteiger partial charge in [0.25, 0.3) is 0 Å². The van der Waals surface area contributed by atoms with Gasteiger partial charge >= 0.3 is 0 Å². The number of aliphatic hydroxyl groups is 1. The van der Waals surface area contributed by atoms with Crippen LogP contribution in [0.2, 0.25) is 0 Å². The molecule has 2 aliphatic carbocycles. The summed E-state index contributed by atoms with van der Waals surface area (Å²) in [5.74, 6) is 1.33. The standard InChI is InChI=1S/C17H19NO4/c1-18-16(20)12-10-7-11-13(12)17(18,22-15(11)14(10)19)8-3-5-9(21-2)6-4-8/h3-6,10-15,19H,7H2,1-2H3. The second-order valence-electron chi connectivity index (χ2n) is 7.01. The summed E-state index contributed by atoms with van der Waals surface area (Å²) >= 11 is 0. The molecule has 2 saturated carbocycles. The zero-order valence-electron chi connectivity index (χ0n) is 12.6. The van der Waals surface area contributed by atoms with Crippen LogP contribution in [0, 0.1) is 23.7 Å². The van der Waals surface area contributed by atoms with Crippen molar-refractivity contribution in [2.75, 3.05) is 14.2 Å². The highest BCUT2D eigenvalue weighted by atomic mass is 16.6. The van der Waals surface area contributed by atoms with Gasteiger partial charge in [0.1, 0.15) is 5.75 Å². The van der Waals surface area contributed by atoms with Crippen molar-refractivity contribution < 1.29 is 19.4 Å². The van der Waals surface area contributed by atoms with Crippen LogP contribution in [0.25, 0.3) is 0 Å².